The number of hydrogen-bond acceptors (Lipinski definition) is 4. The molecule has 5 nitrogen and oxygen atoms in total. The molecule has 2 aliphatic rings. The molecule has 0 spiro atoms. The normalized spacial score (nSPS) is 22.1. The second-order valence-corrected chi connectivity index (χ2v) is 7.81. The van der Waals surface area contributed by atoms with E-state index in [-0.39, 0.29) is 11.5 Å². The van der Waals surface area contributed by atoms with Crippen LogP contribution in [0.15, 0.2) is 29.1 Å². The Morgan fingerprint density at radius 1 is 1.22 bits per heavy atom. The molecule has 1 aliphatic heterocycles. The molecular formula is C22H28N2O3. The summed E-state index contributed by atoms with van der Waals surface area (Å²) in [5.74, 6) is 0.430. The van der Waals surface area contributed by atoms with Crippen LogP contribution in [0.2, 0.25) is 0 Å². The van der Waals surface area contributed by atoms with E-state index >= 15 is 0 Å². The summed E-state index contributed by atoms with van der Waals surface area (Å²) in [4.78, 5) is 28.0. The molecule has 2 heterocycles. The van der Waals surface area contributed by atoms with Crippen LogP contribution in [-0.2, 0) is 22.4 Å². The van der Waals surface area contributed by atoms with E-state index < -0.39 is 0 Å². The van der Waals surface area contributed by atoms with E-state index in [1.807, 2.05) is 24.3 Å². The zero-order valence-corrected chi connectivity index (χ0v) is 15.8. The fraction of sp³-hybridized carbons (Fsp3) is 0.545. The zero-order valence-electron chi connectivity index (χ0n) is 15.8. The summed E-state index contributed by atoms with van der Waals surface area (Å²) in [5.41, 5.74) is 2.15. The Labute approximate surface area is 159 Å². The number of aromatic amines is 1. The van der Waals surface area contributed by atoms with Crippen LogP contribution in [-0.4, -0.2) is 36.6 Å². The molecule has 144 valence electrons. The molecule has 1 unspecified atom stereocenters. The first-order chi connectivity index (χ1) is 13.2. The fourth-order valence-corrected chi connectivity index (χ4v) is 4.44. The summed E-state index contributed by atoms with van der Waals surface area (Å²) in [7, 11) is 0. The number of carbonyl (C=O) groups is 1. The van der Waals surface area contributed by atoms with E-state index in [1.165, 1.54) is 0 Å². The Hall–Kier alpha value is -1.98. The average Bonchev–Trinajstić information content (AvgIpc) is 3.21. The number of Topliss-reactive ketones (excluding diaryl/α,β-unsaturated/α-hetero) is 1. The molecule has 5 heteroatoms. The van der Waals surface area contributed by atoms with Crippen LogP contribution in [0.1, 0.15) is 43.4 Å². The van der Waals surface area contributed by atoms with Crippen LogP contribution in [0.25, 0.3) is 10.8 Å². The number of hydrogen-bond donors (Lipinski definition) is 2. The van der Waals surface area contributed by atoms with Gasteiger partial charge in [0.05, 0.1) is 6.10 Å². The van der Waals surface area contributed by atoms with Crippen LogP contribution in [0, 0.1) is 5.92 Å². The second-order valence-electron chi connectivity index (χ2n) is 7.81. The zero-order chi connectivity index (χ0) is 18.6. The van der Waals surface area contributed by atoms with Gasteiger partial charge >= 0.3 is 0 Å². The molecule has 0 radical (unpaired) electrons. The summed E-state index contributed by atoms with van der Waals surface area (Å²) < 4.78 is 5.60. The van der Waals surface area contributed by atoms with Crippen molar-refractivity contribution in [3.63, 3.8) is 0 Å². The Kier molecular flexibility index (Phi) is 5.69. The maximum atomic E-state index is 12.7. The molecule has 2 aromatic rings. The first kappa shape index (κ1) is 18.4. The van der Waals surface area contributed by atoms with Crippen LogP contribution < -0.4 is 10.9 Å². The van der Waals surface area contributed by atoms with Gasteiger partial charge in [-0.15, -0.1) is 0 Å². The number of ketones is 1. The fourth-order valence-electron chi connectivity index (χ4n) is 4.44. The van der Waals surface area contributed by atoms with Gasteiger partial charge in [-0.05, 0) is 62.1 Å². The number of nitrogens with one attached hydrogen (secondary N) is 2. The number of rotatable bonds is 7. The maximum Gasteiger partial charge on any atom is 0.256 e. The van der Waals surface area contributed by atoms with Crippen LogP contribution >= 0.6 is 0 Å². The molecule has 1 fully saturated rings. The number of H-pyrrole nitrogens is 1. The van der Waals surface area contributed by atoms with E-state index in [0.29, 0.717) is 18.3 Å². The molecule has 0 bridgehead atoms. The van der Waals surface area contributed by atoms with Crippen molar-refractivity contribution < 1.29 is 9.53 Å². The Bertz CT molecular complexity index is 867. The van der Waals surface area contributed by atoms with Crippen LogP contribution in [0.3, 0.4) is 0 Å². The number of carbonyl (C=O) groups excluding carboxylic acids is 1. The smallest absolute Gasteiger partial charge is 0.256 e. The van der Waals surface area contributed by atoms with Crippen molar-refractivity contribution in [3.05, 3.63) is 45.9 Å². The highest BCUT2D eigenvalue weighted by atomic mass is 16.5. The third-order valence-corrected chi connectivity index (χ3v) is 5.95. The number of benzene rings is 1. The van der Waals surface area contributed by atoms with Crippen molar-refractivity contribution in [1.29, 1.82) is 0 Å². The second kappa shape index (κ2) is 8.36. The first-order valence-electron chi connectivity index (χ1n) is 10.2. The first-order valence-corrected chi connectivity index (χ1v) is 10.2. The summed E-state index contributed by atoms with van der Waals surface area (Å²) in [5, 5.41) is 5.15. The minimum Gasteiger partial charge on any atom is -0.377 e. The molecule has 1 aliphatic carbocycles. The average molecular weight is 368 g/mol. The highest BCUT2D eigenvalue weighted by molar-refractivity contribution is 5.87. The summed E-state index contributed by atoms with van der Waals surface area (Å²) in [6.45, 7) is 2.64. The highest BCUT2D eigenvalue weighted by Crippen LogP contribution is 2.30. The summed E-state index contributed by atoms with van der Waals surface area (Å²) in [6, 6.07) is 7.72. The lowest BCUT2D eigenvalue weighted by Crippen LogP contribution is -2.29. The number of aryl methyl sites for hydroxylation is 1. The van der Waals surface area contributed by atoms with Crippen LogP contribution in [0.5, 0.6) is 0 Å². The molecule has 4 rings (SSSR count). The van der Waals surface area contributed by atoms with E-state index in [0.717, 1.165) is 80.3 Å². The van der Waals surface area contributed by atoms with Gasteiger partial charge in [0.1, 0.15) is 5.78 Å². The van der Waals surface area contributed by atoms with Gasteiger partial charge in [0.15, 0.2) is 0 Å². The number of aromatic nitrogens is 1. The van der Waals surface area contributed by atoms with Crippen molar-refractivity contribution in [3.8, 4) is 0 Å². The van der Waals surface area contributed by atoms with Crippen LogP contribution in [0.4, 0.5) is 0 Å². The van der Waals surface area contributed by atoms with Crippen molar-refractivity contribution >= 4 is 16.6 Å². The van der Waals surface area contributed by atoms with Gasteiger partial charge in [-0.3, -0.25) is 9.59 Å². The minimum absolute atomic E-state index is 0.0218. The lowest BCUT2D eigenvalue weighted by molar-refractivity contribution is -0.123. The Morgan fingerprint density at radius 3 is 2.89 bits per heavy atom. The number of ether oxygens (including phenoxy) is 1. The predicted molar refractivity (Wildman–Crippen MR) is 106 cm³/mol. The molecule has 0 saturated carbocycles. The SMILES string of the molecule is O=C(CCCNC[C@H]1CCCO1)C1CCc2[nH]c(=O)c3ccccc3c2C1. The number of pyridine rings is 1. The summed E-state index contributed by atoms with van der Waals surface area (Å²) >= 11 is 0. The molecule has 2 atom stereocenters. The van der Waals surface area contributed by atoms with Gasteiger partial charge in [0.25, 0.3) is 5.56 Å². The largest absolute Gasteiger partial charge is 0.377 e. The van der Waals surface area contributed by atoms with Crippen molar-refractivity contribution in [2.45, 2.75) is 51.0 Å². The molecule has 0 amide bonds. The predicted octanol–water partition coefficient (Wildman–Crippen LogP) is 2.75. The van der Waals surface area contributed by atoms with Gasteiger partial charge in [0, 0.05) is 36.6 Å². The molecule has 1 saturated heterocycles. The molecule has 2 N–H and O–H groups in total. The Balaban J connectivity index is 1.33. The third kappa shape index (κ3) is 4.14. The quantitative estimate of drug-likeness (QED) is 0.737. The van der Waals surface area contributed by atoms with Gasteiger partial charge < -0.3 is 15.0 Å². The lowest BCUT2D eigenvalue weighted by Gasteiger charge is -2.24. The standard InChI is InChI=1S/C22H28N2O3/c25-21(8-3-11-23-14-16-5-4-12-27-16)15-9-10-20-19(13-15)17-6-1-2-7-18(17)22(26)24-20/h1-2,6-7,15-16,23H,3-5,8-14H2,(H,24,26)/t15?,16-/m1/s1. The van der Waals surface area contributed by atoms with Crippen molar-refractivity contribution in [1.82, 2.24) is 10.3 Å². The highest BCUT2D eigenvalue weighted by Gasteiger charge is 2.26. The minimum atomic E-state index is -0.0218. The monoisotopic (exact) mass is 368 g/mol. The van der Waals surface area contributed by atoms with Gasteiger partial charge in [-0.1, -0.05) is 18.2 Å². The van der Waals surface area contributed by atoms with E-state index in [2.05, 4.69) is 10.3 Å². The van der Waals surface area contributed by atoms with Gasteiger partial charge in [-0.2, -0.15) is 0 Å². The third-order valence-electron chi connectivity index (χ3n) is 5.95. The van der Waals surface area contributed by atoms with E-state index in [4.69, 9.17) is 4.74 Å². The number of fused-ring (bicyclic) bond motifs is 3. The van der Waals surface area contributed by atoms with E-state index in [1.54, 1.807) is 0 Å². The van der Waals surface area contributed by atoms with Crippen molar-refractivity contribution in [2.24, 2.45) is 5.92 Å². The van der Waals surface area contributed by atoms with Gasteiger partial charge in [0.2, 0.25) is 0 Å². The van der Waals surface area contributed by atoms with Crippen molar-refractivity contribution in [2.75, 3.05) is 19.7 Å². The molecule has 1 aromatic heterocycles. The molecule has 27 heavy (non-hydrogen) atoms. The summed E-state index contributed by atoms with van der Waals surface area (Å²) in [6.07, 6.45) is 6.52. The Morgan fingerprint density at radius 2 is 2.07 bits per heavy atom. The van der Waals surface area contributed by atoms with Gasteiger partial charge in [-0.25, -0.2) is 0 Å². The topological polar surface area (TPSA) is 71.2 Å². The van der Waals surface area contributed by atoms with E-state index in [9.17, 15) is 9.59 Å². The lowest BCUT2D eigenvalue weighted by atomic mass is 9.81. The molecule has 1 aromatic carbocycles. The maximum absolute atomic E-state index is 12.7. The molecular weight excluding hydrogens is 340 g/mol.